The predicted molar refractivity (Wildman–Crippen MR) is 129 cm³/mol. The number of carbonyl (C=O) groups is 1. The van der Waals surface area contributed by atoms with Gasteiger partial charge in [0.15, 0.2) is 5.78 Å². The smallest absolute Gasteiger partial charge is 0.271 e. The standard InChI is InChI=1S/C24H23ClN4O3S/c1-2-3-5-15-9-11-21(33-15)22-16(13-26)24(27)28(19-6-4-7-20(30)23(19)22)18-10-8-14(29(31)32)12-17(18)25/h8-12,22H,2-7,27H2,1H3. The predicted octanol–water partition coefficient (Wildman–Crippen LogP) is 5.96. The third kappa shape index (κ3) is 4.14. The lowest BCUT2D eigenvalue weighted by molar-refractivity contribution is -0.384. The number of rotatable bonds is 6. The molecule has 4 rings (SSSR count). The fraction of sp³-hybridized carbons (Fsp3) is 0.333. The Balaban J connectivity index is 1.88. The SMILES string of the molecule is CCCCc1ccc(C2C(C#N)=C(N)N(c3ccc([N+](=O)[O-])cc3Cl)C3=C2C(=O)CCC3)s1. The molecule has 0 saturated heterocycles. The number of halogens is 1. The molecule has 170 valence electrons. The number of hydrogen-bond acceptors (Lipinski definition) is 7. The van der Waals surface area contributed by atoms with Gasteiger partial charge in [0, 0.05) is 39.6 Å². The van der Waals surface area contributed by atoms with Gasteiger partial charge in [-0.2, -0.15) is 5.26 Å². The molecule has 0 spiro atoms. The minimum Gasteiger partial charge on any atom is -0.384 e. The minimum atomic E-state index is -0.524. The van der Waals surface area contributed by atoms with Crippen LogP contribution in [0, 0.1) is 21.4 Å². The highest BCUT2D eigenvalue weighted by Crippen LogP contribution is 2.49. The van der Waals surface area contributed by atoms with Crippen molar-refractivity contribution in [1.82, 2.24) is 0 Å². The van der Waals surface area contributed by atoms with E-state index in [0.29, 0.717) is 41.8 Å². The molecule has 2 N–H and O–H groups in total. The van der Waals surface area contributed by atoms with Crippen molar-refractivity contribution in [1.29, 1.82) is 5.26 Å². The summed E-state index contributed by atoms with van der Waals surface area (Å²) in [6.07, 6.45) is 4.78. The molecule has 1 aromatic heterocycles. The van der Waals surface area contributed by atoms with Gasteiger partial charge in [-0.3, -0.25) is 19.8 Å². The maximum Gasteiger partial charge on any atom is 0.271 e. The summed E-state index contributed by atoms with van der Waals surface area (Å²) in [4.78, 5) is 27.6. The maximum atomic E-state index is 13.2. The molecule has 0 radical (unpaired) electrons. The highest BCUT2D eigenvalue weighted by atomic mass is 35.5. The van der Waals surface area contributed by atoms with E-state index in [4.69, 9.17) is 17.3 Å². The Labute approximate surface area is 200 Å². The number of anilines is 1. The molecule has 0 saturated carbocycles. The van der Waals surface area contributed by atoms with Crippen molar-refractivity contribution in [3.8, 4) is 6.07 Å². The summed E-state index contributed by atoms with van der Waals surface area (Å²) < 4.78 is 0. The van der Waals surface area contributed by atoms with E-state index in [1.165, 1.54) is 23.1 Å². The Kier molecular flexibility index (Phi) is 6.54. The molecule has 1 aromatic carbocycles. The van der Waals surface area contributed by atoms with Gasteiger partial charge in [0.25, 0.3) is 5.69 Å². The first-order valence-electron chi connectivity index (χ1n) is 10.9. The number of allylic oxidation sites excluding steroid dienone is 3. The van der Waals surface area contributed by atoms with Crippen LogP contribution in [0.25, 0.3) is 0 Å². The first-order valence-corrected chi connectivity index (χ1v) is 12.1. The summed E-state index contributed by atoms with van der Waals surface area (Å²) in [6.45, 7) is 2.14. The number of ketones is 1. The zero-order chi connectivity index (χ0) is 23.7. The summed E-state index contributed by atoms with van der Waals surface area (Å²) in [5.41, 5.74) is 8.41. The van der Waals surface area contributed by atoms with Crippen LogP contribution in [0.1, 0.15) is 54.7 Å². The fourth-order valence-electron chi connectivity index (χ4n) is 4.47. The summed E-state index contributed by atoms with van der Waals surface area (Å²) in [7, 11) is 0. The molecule has 9 heteroatoms. The number of unbranched alkanes of at least 4 members (excludes halogenated alkanes) is 1. The van der Waals surface area contributed by atoms with Crippen molar-refractivity contribution in [2.24, 2.45) is 5.73 Å². The van der Waals surface area contributed by atoms with Crippen LogP contribution in [0.3, 0.4) is 0 Å². The number of nitrogens with zero attached hydrogens (tertiary/aromatic N) is 3. The normalized spacial score (nSPS) is 18.4. The van der Waals surface area contributed by atoms with Crippen LogP contribution in [0.2, 0.25) is 5.02 Å². The van der Waals surface area contributed by atoms with Gasteiger partial charge in [-0.15, -0.1) is 11.3 Å². The number of nitro groups is 1. The Morgan fingerprint density at radius 1 is 1.33 bits per heavy atom. The molecule has 0 amide bonds. The van der Waals surface area contributed by atoms with E-state index in [-0.39, 0.29) is 22.3 Å². The van der Waals surface area contributed by atoms with Gasteiger partial charge < -0.3 is 5.73 Å². The van der Waals surface area contributed by atoms with Crippen LogP contribution in [-0.4, -0.2) is 10.7 Å². The summed E-state index contributed by atoms with van der Waals surface area (Å²) in [5, 5.41) is 21.4. The van der Waals surface area contributed by atoms with Gasteiger partial charge in [0.05, 0.1) is 33.2 Å². The number of hydrogen-bond donors (Lipinski definition) is 1. The summed E-state index contributed by atoms with van der Waals surface area (Å²) in [6, 6.07) is 10.4. The Hall–Kier alpha value is -3.15. The van der Waals surface area contributed by atoms with Crippen LogP contribution in [-0.2, 0) is 11.2 Å². The van der Waals surface area contributed by atoms with Crippen molar-refractivity contribution in [3.63, 3.8) is 0 Å². The van der Waals surface area contributed by atoms with Crippen molar-refractivity contribution in [2.45, 2.75) is 51.4 Å². The highest BCUT2D eigenvalue weighted by molar-refractivity contribution is 7.12. The van der Waals surface area contributed by atoms with E-state index in [1.54, 1.807) is 16.2 Å². The number of carbonyl (C=O) groups excluding carboxylic acids is 1. The first-order chi connectivity index (χ1) is 15.9. The molecule has 7 nitrogen and oxygen atoms in total. The van der Waals surface area contributed by atoms with E-state index >= 15 is 0 Å². The fourth-order valence-corrected chi connectivity index (χ4v) is 5.91. The van der Waals surface area contributed by atoms with Crippen LogP contribution in [0.4, 0.5) is 11.4 Å². The van der Waals surface area contributed by atoms with Crippen LogP contribution in [0.15, 0.2) is 53.0 Å². The molecule has 2 heterocycles. The molecule has 0 fully saturated rings. The van der Waals surface area contributed by atoms with Crippen molar-refractivity contribution >= 4 is 40.1 Å². The van der Waals surface area contributed by atoms with Gasteiger partial charge >= 0.3 is 0 Å². The van der Waals surface area contributed by atoms with Crippen LogP contribution in [0.5, 0.6) is 0 Å². The van der Waals surface area contributed by atoms with Crippen molar-refractivity contribution in [2.75, 3.05) is 4.90 Å². The van der Waals surface area contributed by atoms with Gasteiger partial charge in [-0.1, -0.05) is 24.9 Å². The number of non-ortho nitro benzene ring substituents is 1. The van der Waals surface area contributed by atoms with Crippen LogP contribution >= 0.6 is 22.9 Å². The summed E-state index contributed by atoms with van der Waals surface area (Å²) in [5.74, 6) is -0.311. The average Bonchev–Trinajstić information content (AvgIpc) is 3.26. The first kappa shape index (κ1) is 23.0. The average molecular weight is 483 g/mol. The number of thiophene rings is 1. The molecule has 1 atom stereocenters. The number of benzene rings is 1. The molecule has 1 aliphatic heterocycles. The molecule has 33 heavy (non-hydrogen) atoms. The lowest BCUT2D eigenvalue weighted by Gasteiger charge is -2.39. The maximum absolute atomic E-state index is 13.2. The second kappa shape index (κ2) is 9.38. The molecule has 1 aliphatic carbocycles. The monoisotopic (exact) mass is 482 g/mol. The number of nitriles is 1. The topological polar surface area (TPSA) is 113 Å². The zero-order valence-corrected chi connectivity index (χ0v) is 19.7. The van der Waals surface area contributed by atoms with Crippen molar-refractivity contribution in [3.05, 3.63) is 77.9 Å². The molecular formula is C24H23ClN4O3S. The Morgan fingerprint density at radius 2 is 2.12 bits per heavy atom. The lowest BCUT2D eigenvalue weighted by Crippen LogP contribution is -2.38. The Morgan fingerprint density at radius 3 is 2.79 bits per heavy atom. The highest BCUT2D eigenvalue weighted by Gasteiger charge is 2.41. The quantitative estimate of drug-likeness (QED) is 0.401. The second-order valence-electron chi connectivity index (χ2n) is 8.12. The second-order valence-corrected chi connectivity index (χ2v) is 9.72. The van der Waals surface area contributed by atoms with Gasteiger partial charge in [0.1, 0.15) is 5.82 Å². The van der Waals surface area contributed by atoms with E-state index in [9.17, 15) is 20.2 Å². The van der Waals surface area contributed by atoms with Gasteiger partial charge in [-0.05, 0) is 43.9 Å². The molecular weight excluding hydrogens is 460 g/mol. The van der Waals surface area contributed by atoms with Gasteiger partial charge in [0.2, 0.25) is 0 Å². The third-order valence-corrected chi connectivity index (χ3v) is 7.55. The lowest BCUT2D eigenvalue weighted by atomic mass is 9.78. The number of aryl methyl sites for hydroxylation is 1. The third-order valence-electron chi connectivity index (χ3n) is 6.04. The number of nitro benzene ring substituents is 1. The zero-order valence-electron chi connectivity index (χ0n) is 18.1. The minimum absolute atomic E-state index is 0.00644. The molecule has 2 aromatic rings. The van der Waals surface area contributed by atoms with Gasteiger partial charge in [-0.25, -0.2) is 0 Å². The van der Waals surface area contributed by atoms with Crippen molar-refractivity contribution < 1.29 is 9.72 Å². The molecule has 1 unspecified atom stereocenters. The van der Waals surface area contributed by atoms with E-state index in [1.807, 2.05) is 6.07 Å². The number of nitrogens with two attached hydrogens (primary N) is 1. The van der Waals surface area contributed by atoms with E-state index in [2.05, 4.69) is 19.1 Å². The Bertz CT molecular complexity index is 1240. The number of Topliss-reactive ketones (excluding diaryl/α,β-unsaturated/α-hetero) is 1. The molecule has 0 bridgehead atoms. The molecule has 2 aliphatic rings. The van der Waals surface area contributed by atoms with E-state index < -0.39 is 10.8 Å². The summed E-state index contributed by atoms with van der Waals surface area (Å²) >= 11 is 8.04. The van der Waals surface area contributed by atoms with E-state index in [0.717, 1.165) is 24.1 Å². The largest absolute Gasteiger partial charge is 0.384 e. The van der Waals surface area contributed by atoms with Crippen LogP contribution < -0.4 is 10.6 Å².